The fraction of sp³-hybridized carbons (Fsp3) is 0.318. The highest BCUT2D eigenvalue weighted by molar-refractivity contribution is 6.25. The van der Waals surface area contributed by atoms with Crippen LogP contribution in [0.1, 0.15) is 18.4 Å². The van der Waals surface area contributed by atoms with E-state index in [1.165, 1.54) is 18.2 Å². The summed E-state index contributed by atoms with van der Waals surface area (Å²) >= 11 is 0. The predicted octanol–water partition coefficient (Wildman–Crippen LogP) is 2.26. The van der Waals surface area contributed by atoms with Crippen LogP contribution in [0.5, 0.6) is 0 Å². The zero-order valence-electron chi connectivity index (χ0n) is 15.5. The number of fused-ring (bicyclic) bond motifs is 7. The van der Waals surface area contributed by atoms with Gasteiger partial charge >= 0.3 is 0 Å². The number of para-hydroxylation sites is 1. The van der Waals surface area contributed by atoms with Gasteiger partial charge in [-0.05, 0) is 43.7 Å². The van der Waals surface area contributed by atoms with Gasteiger partial charge in [-0.15, -0.1) is 0 Å². The molecule has 0 saturated carbocycles. The predicted molar refractivity (Wildman–Crippen MR) is 102 cm³/mol. The fourth-order valence-corrected chi connectivity index (χ4v) is 6.03. The van der Waals surface area contributed by atoms with Gasteiger partial charge in [0.05, 0.1) is 17.5 Å². The van der Waals surface area contributed by atoms with Crippen LogP contribution in [-0.2, 0) is 19.9 Å². The average Bonchev–Trinajstić information content (AvgIpc) is 3.40. The Morgan fingerprint density at radius 3 is 2.69 bits per heavy atom. The molecule has 2 aromatic carbocycles. The number of anilines is 2. The van der Waals surface area contributed by atoms with E-state index in [1.54, 1.807) is 6.07 Å². The second-order valence-corrected chi connectivity index (χ2v) is 8.16. The molecule has 146 valence electrons. The van der Waals surface area contributed by atoms with Crippen LogP contribution in [-0.4, -0.2) is 35.2 Å². The Morgan fingerprint density at radius 2 is 1.86 bits per heavy atom. The zero-order valence-corrected chi connectivity index (χ0v) is 15.5. The van der Waals surface area contributed by atoms with Crippen molar-refractivity contribution < 1.29 is 18.8 Å². The van der Waals surface area contributed by atoms with E-state index in [-0.39, 0.29) is 23.5 Å². The molecule has 1 N–H and O–H groups in total. The van der Waals surface area contributed by atoms with Crippen molar-refractivity contribution in [3.05, 3.63) is 59.9 Å². The van der Waals surface area contributed by atoms with Crippen LogP contribution >= 0.6 is 0 Å². The summed E-state index contributed by atoms with van der Waals surface area (Å²) in [4.78, 5) is 43.6. The molecule has 2 aromatic rings. The van der Waals surface area contributed by atoms with Crippen LogP contribution in [0, 0.1) is 17.7 Å². The molecule has 3 saturated heterocycles. The van der Waals surface area contributed by atoms with E-state index < -0.39 is 29.1 Å². The van der Waals surface area contributed by atoms with Gasteiger partial charge in [0.2, 0.25) is 17.7 Å². The van der Waals surface area contributed by atoms with Crippen molar-refractivity contribution in [1.29, 1.82) is 0 Å². The first kappa shape index (κ1) is 16.9. The highest BCUT2D eigenvalue weighted by atomic mass is 19.1. The topological polar surface area (TPSA) is 69.7 Å². The summed E-state index contributed by atoms with van der Waals surface area (Å²) in [7, 11) is 0. The highest BCUT2D eigenvalue weighted by Crippen LogP contribution is 2.60. The minimum atomic E-state index is -1.18. The largest absolute Gasteiger partial charge is 0.324 e. The number of hydrogen-bond acceptors (Lipinski definition) is 4. The van der Waals surface area contributed by atoms with Crippen LogP contribution < -0.4 is 10.2 Å². The smallest absolute Gasteiger partial charge is 0.250 e. The number of rotatable bonds is 1. The summed E-state index contributed by atoms with van der Waals surface area (Å²) in [5.74, 6) is -2.94. The van der Waals surface area contributed by atoms with E-state index in [2.05, 4.69) is 10.2 Å². The molecule has 3 fully saturated rings. The van der Waals surface area contributed by atoms with E-state index >= 15 is 0 Å². The summed E-state index contributed by atoms with van der Waals surface area (Å²) < 4.78 is 13.8. The molecule has 1 spiro atoms. The molecule has 7 heteroatoms. The third-order valence-corrected chi connectivity index (χ3v) is 6.97. The van der Waals surface area contributed by atoms with E-state index in [0.29, 0.717) is 12.2 Å². The summed E-state index contributed by atoms with van der Waals surface area (Å²) in [5.41, 5.74) is 0.484. The number of amides is 3. The van der Waals surface area contributed by atoms with Crippen molar-refractivity contribution in [3.63, 3.8) is 0 Å². The van der Waals surface area contributed by atoms with Crippen LogP contribution in [0.4, 0.5) is 15.8 Å². The van der Waals surface area contributed by atoms with Gasteiger partial charge in [0.1, 0.15) is 11.4 Å². The Bertz CT molecular complexity index is 1100. The Hall–Kier alpha value is -3.06. The number of nitrogens with one attached hydrogen (secondary N) is 1. The molecular weight excluding hydrogens is 373 g/mol. The van der Waals surface area contributed by atoms with E-state index in [0.717, 1.165) is 23.3 Å². The van der Waals surface area contributed by atoms with Crippen molar-refractivity contribution in [3.8, 4) is 0 Å². The second-order valence-electron chi connectivity index (χ2n) is 8.16. The molecule has 3 amide bonds. The first-order valence-electron chi connectivity index (χ1n) is 9.86. The number of carbonyl (C=O) groups is 3. The maximum atomic E-state index is 13.8. The number of nitrogens with zero attached hydrogens (tertiary/aromatic N) is 2. The zero-order chi connectivity index (χ0) is 19.9. The monoisotopic (exact) mass is 391 g/mol. The quantitative estimate of drug-likeness (QED) is 0.757. The molecule has 4 atom stereocenters. The Kier molecular flexibility index (Phi) is 3.20. The summed E-state index contributed by atoms with van der Waals surface area (Å²) in [6, 6.07) is 12.7. The number of imide groups is 1. The SMILES string of the molecule is O=C1[C@@H]2[C@@H]3CCCN3[C@@]3(C(=O)Nc4ccccc43)[C@H]2C(=O)N1c1cccc(F)c1. The third kappa shape index (κ3) is 1.86. The molecule has 0 bridgehead atoms. The highest BCUT2D eigenvalue weighted by Gasteiger charge is 2.74. The van der Waals surface area contributed by atoms with E-state index in [1.807, 2.05) is 24.3 Å². The molecule has 6 rings (SSSR count). The third-order valence-electron chi connectivity index (χ3n) is 6.97. The van der Waals surface area contributed by atoms with Gasteiger partial charge in [-0.1, -0.05) is 24.3 Å². The molecule has 0 aliphatic carbocycles. The van der Waals surface area contributed by atoms with Gasteiger partial charge in [0.15, 0.2) is 0 Å². The van der Waals surface area contributed by atoms with Crippen LogP contribution in [0.2, 0.25) is 0 Å². The number of carbonyl (C=O) groups excluding carboxylic acids is 3. The van der Waals surface area contributed by atoms with Gasteiger partial charge in [-0.25, -0.2) is 9.29 Å². The van der Waals surface area contributed by atoms with Gasteiger partial charge in [0, 0.05) is 17.3 Å². The van der Waals surface area contributed by atoms with Gasteiger partial charge < -0.3 is 5.32 Å². The lowest BCUT2D eigenvalue weighted by Gasteiger charge is -2.36. The summed E-state index contributed by atoms with van der Waals surface area (Å²) in [5, 5.41) is 2.93. The lowest BCUT2D eigenvalue weighted by Crippen LogP contribution is -2.54. The number of hydrogen-bond donors (Lipinski definition) is 1. The molecule has 0 unspecified atom stereocenters. The number of benzene rings is 2. The van der Waals surface area contributed by atoms with Crippen LogP contribution in [0.15, 0.2) is 48.5 Å². The lowest BCUT2D eigenvalue weighted by atomic mass is 9.75. The molecular formula is C22H18FN3O3. The minimum absolute atomic E-state index is 0.174. The maximum Gasteiger partial charge on any atom is 0.250 e. The molecule has 0 aromatic heterocycles. The first-order chi connectivity index (χ1) is 14.0. The van der Waals surface area contributed by atoms with E-state index in [4.69, 9.17) is 0 Å². The summed E-state index contributed by atoms with van der Waals surface area (Å²) in [6.07, 6.45) is 1.63. The van der Waals surface area contributed by atoms with Crippen molar-refractivity contribution in [1.82, 2.24) is 4.90 Å². The molecule has 4 aliphatic rings. The Labute approximate surface area is 166 Å². The molecule has 4 heterocycles. The Balaban J connectivity index is 1.56. The average molecular weight is 391 g/mol. The second kappa shape index (κ2) is 5.51. The van der Waals surface area contributed by atoms with Gasteiger partial charge in [-0.2, -0.15) is 0 Å². The van der Waals surface area contributed by atoms with Crippen LogP contribution in [0.25, 0.3) is 0 Å². The molecule has 6 nitrogen and oxygen atoms in total. The maximum absolute atomic E-state index is 13.8. The van der Waals surface area contributed by atoms with Crippen LogP contribution in [0.3, 0.4) is 0 Å². The molecule has 29 heavy (non-hydrogen) atoms. The van der Waals surface area contributed by atoms with Crippen molar-refractivity contribution in [2.24, 2.45) is 11.8 Å². The lowest BCUT2D eigenvalue weighted by molar-refractivity contribution is -0.135. The van der Waals surface area contributed by atoms with Crippen molar-refractivity contribution >= 4 is 29.1 Å². The fourth-order valence-electron chi connectivity index (χ4n) is 6.03. The first-order valence-corrected chi connectivity index (χ1v) is 9.86. The number of halogens is 1. The standard InChI is InChI=1S/C22H18FN3O3/c23-12-5-3-6-13(11-12)26-19(27)17-16-9-4-10-25(16)22(18(17)20(26)28)14-7-1-2-8-15(14)24-21(22)29/h1-3,5-8,11,16-18H,4,9-10H2,(H,24,29)/t16-,17+,18+,22+/m0/s1. The van der Waals surface area contributed by atoms with E-state index in [9.17, 15) is 18.8 Å². The van der Waals surface area contributed by atoms with Gasteiger partial charge in [-0.3, -0.25) is 19.3 Å². The minimum Gasteiger partial charge on any atom is -0.324 e. The molecule has 4 aliphatic heterocycles. The normalized spacial score (nSPS) is 32.7. The summed E-state index contributed by atoms with van der Waals surface area (Å²) in [6.45, 7) is 0.667. The Morgan fingerprint density at radius 1 is 1.03 bits per heavy atom. The van der Waals surface area contributed by atoms with Crippen molar-refractivity contribution in [2.75, 3.05) is 16.8 Å². The molecule has 0 radical (unpaired) electrons. The van der Waals surface area contributed by atoms with Crippen molar-refractivity contribution in [2.45, 2.75) is 24.4 Å². The van der Waals surface area contributed by atoms with Gasteiger partial charge in [0.25, 0.3) is 0 Å².